The molecule has 1 saturated heterocycles. The zero-order valence-electron chi connectivity index (χ0n) is 12.2. The van der Waals surface area contributed by atoms with Crippen molar-refractivity contribution in [3.05, 3.63) is 34.9 Å². The maximum absolute atomic E-state index is 6.05. The highest BCUT2D eigenvalue weighted by atomic mass is 15.2. The predicted molar refractivity (Wildman–Crippen MR) is 77.7 cm³/mol. The Hall–Kier alpha value is -0.860. The van der Waals surface area contributed by atoms with Crippen LogP contribution < -0.4 is 5.73 Å². The first-order chi connectivity index (χ1) is 8.45. The molecule has 1 aromatic carbocycles. The van der Waals surface area contributed by atoms with Crippen molar-refractivity contribution in [3.8, 4) is 0 Å². The van der Waals surface area contributed by atoms with E-state index in [2.05, 4.69) is 50.8 Å². The van der Waals surface area contributed by atoms with Gasteiger partial charge in [-0.25, -0.2) is 0 Å². The van der Waals surface area contributed by atoms with Crippen molar-refractivity contribution in [2.45, 2.75) is 52.1 Å². The van der Waals surface area contributed by atoms with Crippen molar-refractivity contribution in [2.75, 3.05) is 13.1 Å². The first-order valence-electron chi connectivity index (χ1n) is 6.99. The molecule has 0 amide bonds. The van der Waals surface area contributed by atoms with Crippen molar-refractivity contribution in [2.24, 2.45) is 5.73 Å². The van der Waals surface area contributed by atoms with Crippen molar-refractivity contribution in [3.63, 3.8) is 0 Å². The van der Waals surface area contributed by atoms with Crippen LogP contribution in [0.5, 0.6) is 0 Å². The van der Waals surface area contributed by atoms with Gasteiger partial charge in [-0.2, -0.15) is 0 Å². The summed E-state index contributed by atoms with van der Waals surface area (Å²) in [6.07, 6.45) is 2.56. The van der Waals surface area contributed by atoms with E-state index in [0.717, 1.165) is 0 Å². The Balaban J connectivity index is 2.30. The fourth-order valence-electron chi connectivity index (χ4n) is 3.12. The SMILES string of the molecule is Cc1ccc(C(CN)N2CCCC2(C)C)cc1C. The maximum atomic E-state index is 6.05. The Morgan fingerprint density at radius 3 is 2.50 bits per heavy atom. The molecule has 0 saturated carbocycles. The number of nitrogens with two attached hydrogens (primary N) is 1. The molecular formula is C16H26N2. The second-order valence-corrected chi connectivity index (χ2v) is 6.20. The first kappa shape index (κ1) is 13.6. The summed E-state index contributed by atoms with van der Waals surface area (Å²) in [5.74, 6) is 0. The summed E-state index contributed by atoms with van der Waals surface area (Å²) in [6, 6.07) is 7.13. The van der Waals surface area contributed by atoms with E-state index in [9.17, 15) is 0 Å². The third kappa shape index (κ3) is 2.45. The minimum Gasteiger partial charge on any atom is -0.329 e. The molecule has 0 aromatic heterocycles. The Labute approximate surface area is 111 Å². The van der Waals surface area contributed by atoms with Gasteiger partial charge in [-0.1, -0.05) is 18.2 Å². The second-order valence-electron chi connectivity index (χ2n) is 6.20. The van der Waals surface area contributed by atoms with Crippen molar-refractivity contribution in [1.29, 1.82) is 0 Å². The zero-order valence-corrected chi connectivity index (χ0v) is 12.2. The molecule has 1 unspecified atom stereocenters. The average Bonchev–Trinajstić information content (AvgIpc) is 2.65. The lowest BCUT2D eigenvalue weighted by molar-refractivity contribution is 0.119. The molecule has 2 rings (SSSR count). The van der Waals surface area contributed by atoms with E-state index < -0.39 is 0 Å². The van der Waals surface area contributed by atoms with Gasteiger partial charge < -0.3 is 5.73 Å². The number of hydrogen-bond acceptors (Lipinski definition) is 2. The fourth-order valence-corrected chi connectivity index (χ4v) is 3.12. The smallest absolute Gasteiger partial charge is 0.0475 e. The molecule has 0 aliphatic carbocycles. The molecular weight excluding hydrogens is 220 g/mol. The van der Waals surface area contributed by atoms with Crippen LogP contribution in [0, 0.1) is 13.8 Å². The van der Waals surface area contributed by atoms with Gasteiger partial charge in [0.2, 0.25) is 0 Å². The Morgan fingerprint density at radius 1 is 1.28 bits per heavy atom. The van der Waals surface area contributed by atoms with Crippen LogP contribution in [0.15, 0.2) is 18.2 Å². The topological polar surface area (TPSA) is 29.3 Å². The van der Waals surface area contributed by atoms with Crippen LogP contribution in [0.3, 0.4) is 0 Å². The summed E-state index contributed by atoms with van der Waals surface area (Å²) in [5, 5.41) is 0. The lowest BCUT2D eigenvalue weighted by Crippen LogP contribution is -2.43. The van der Waals surface area contributed by atoms with Gasteiger partial charge >= 0.3 is 0 Å². The average molecular weight is 246 g/mol. The van der Waals surface area contributed by atoms with Gasteiger partial charge in [0.25, 0.3) is 0 Å². The molecule has 1 aliphatic rings. The van der Waals surface area contributed by atoms with E-state index in [1.54, 1.807) is 0 Å². The maximum Gasteiger partial charge on any atom is 0.0475 e. The molecule has 2 nitrogen and oxygen atoms in total. The largest absolute Gasteiger partial charge is 0.329 e. The van der Waals surface area contributed by atoms with Gasteiger partial charge in [-0.3, -0.25) is 4.90 Å². The molecule has 2 heteroatoms. The summed E-state index contributed by atoms with van der Waals surface area (Å²) < 4.78 is 0. The number of hydrogen-bond donors (Lipinski definition) is 1. The van der Waals surface area contributed by atoms with E-state index >= 15 is 0 Å². The summed E-state index contributed by atoms with van der Waals surface area (Å²) in [6.45, 7) is 10.9. The molecule has 0 radical (unpaired) electrons. The van der Waals surface area contributed by atoms with Crippen LogP contribution in [0.25, 0.3) is 0 Å². The summed E-state index contributed by atoms with van der Waals surface area (Å²) in [5.41, 5.74) is 10.4. The molecule has 1 aromatic rings. The molecule has 18 heavy (non-hydrogen) atoms. The standard InChI is InChI=1S/C16H26N2/c1-12-6-7-14(10-13(12)2)15(11-17)18-9-5-8-16(18,3)4/h6-7,10,15H,5,8-9,11,17H2,1-4H3. The van der Waals surface area contributed by atoms with Crippen LogP contribution in [0.2, 0.25) is 0 Å². The lowest BCUT2D eigenvalue weighted by Gasteiger charge is -2.38. The third-order valence-electron chi connectivity index (χ3n) is 4.48. The highest BCUT2D eigenvalue weighted by Gasteiger charge is 2.36. The minimum absolute atomic E-state index is 0.281. The minimum atomic E-state index is 0.281. The fraction of sp³-hybridized carbons (Fsp3) is 0.625. The summed E-state index contributed by atoms with van der Waals surface area (Å²) >= 11 is 0. The number of benzene rings is 1. The Bertz CT molecular complexity index is 423. The van der Waals surface area contributed by atoms with Gasteiger partial charge in [0.15, 0.2) is 0 Å². The van der Waals surface area contributed by atoms with Crippen LogP contribution in [-0.4, -0.2) is 23.5 Å². The second kappa shape index (κ2) is 5.02. The quantitative estimate of drug-likeness (QED) is 0.887. The van der Waals surface area contributed by atoms with E-state index in [-0.39, 0.29) is 5.54 Å². The first-order valence-corrected chi connectivity index (χ1v) is 6.99. The van der Waals surface area contributed by atoms with E-state index in [0.29, 0.717) is 12.6 Å². The highest BCUT2D eigenvalue weighted by Crippen LogP contribution is 2.36. The van der Waals surface area contributed by atoms with E-state index in [1.165, 1.54) is 36.1 Å². The van der Waals surface area contributed by atoms with Gasteiger partial charge in [0, 0.05) is 18.1 Å². The molecule has 0 spiro atoms. The van der Waals surface area contributed by atoms with Crippen molar-refractivity contribution in [1.82, 2.24) is 4.90 Å². The molecule has 1 heterocycles. The van der Waals surface area contributed by atoms with Crippen LogP contribution in [0.1, 0.15) is 49.4 Å². The van der Waals surface area contributed by atoms with Gasteiger partial charge in [-0.15, -0.1) is 0 Å². The Kier molecular flexibility index (Phi) is 3.79. The van der Waals surface area contributed by atoms with Crippen molar-refractivity contribution >= 4 is 0 Å². The molecule has 1 aliphatic heterocycles. The third-order valence-corrected chi connectivity index (χ3v) is 4.48. The summed E-state index contributed by atoms with van der Waals surface area (Å²) in [7, 11) is 0. The van der Waals surface area contributed by atoms with Crippen LogP contribution in [0.4, 0.5) is 0 Å². The lowest BCUT2D eigenvalue weighted by atomic mass is 9.95. The Morgan fingerprint density at radius 2 is 2.00 bits per heavy atom. The summed E-state index contributed by atoms with van der Waals surface area (Å²) in [4.78, 5) is 2.58. The van der Waals surface area contributed by atoms with Crippen LogP contribution in [-0.2, 0) is 0 Å². The number of nitrogens with zero attached hydrogens (tertiary/aromatic N) is 1. The van der Waals surface area contributed by atoms with Crippen molar-refractivity contribution < 1.29 is 0 Å². The molecule has 100 valence electrons. The number of rotatable bonds is 3. The molecule has 1 fully saturated rings. The van der Waals surface area contributed by atoms with Gasteiger partial charge in [0.05, 0.1) is 0 Å². The molecule has 2 N–H and O–H groups in total. The van der Waals surface area contributed by atoms with Gasteiger partial charge in [0.1, 0.15) is 0 Å². The zero-order chi connectivity index (χ0) is 13.3. The normalized spacial score (nSPS) is 21.2. The molecule has 1 atom stereocenters. The molecule has 0 bridgehead atoms. The monoisotopic (exact) mass is 246 g/mol. The van der Waals surface area contributed by atoms with E-state index in [1.807, 2.05) is 0 Å². The number of likely N-dealkylation sites (tertiary alicyclic amines) is 1. The van der Waals surface area contributed by atoms with E-state index in [4.69, 9.17) is 5.73 Å². The number of aryl methyl sites for hydroxylation is 2. The van der Waals surface area contributed by atoms with Crippen LogP contribution >= 0.6 is 0 Å². The van der Waals surface area contributed by atoms with Gasteiger partial charge in [-0.05, 0) is 63.8 Å². The predicted octanol–water partition coefficient (Wildman–Crippen LogP) is 3.18. The highest BCUT2D eigenvalue weighted by molar-refractivity contribution is 5.32.